The van der Waals surface area contributed by atoms with Crippen LogP contribution in [-0.2, 0) is 12.8 Å². The molecule has 0 bridgehead atoms. The zero-order chi connectivity index (χ0) is 22.6. The largest absolute Gasteiger partial charge is 0.203 e. The summed E-state index contributed by atoms with van der Waals surface area (Å²) >= 11 is 2.54. The molecule has 0 amide bonds. The summed E-state index contributed by atoms with van der Waals surface area (Å²) in [6, 6.07) is 3.27. The normalized spacial score (nSPS) is 24.8. The minimum absolute atomic E-state index is 0.106. The molecule has 1 fully saturated rings. The summed E-state index contributed by atoms with van der Waals surface area (Å²) in [5, 5.41) is 0. The van der Waals surface area contributed by atoms with Gasteiger partial charge in [0.25, 0.3) is 0 Å². The van der Waals surface area contributed by atoms with E-state index >= 15 is 8.78 Å². The topological polar surface area (TPSA) is 0 Å². The minimum Gasteiger partial charge on any atom is -0.203 e. The van der Waals surface area contributed by atoms with Crippen LogP contribution in [0.2, 0.25) is 0 Å². The fourth-order valence-electron chi connectivity index (χ4n) is 6.01. The van der Waals surface area contributed by atoms with Gasteiger partial charge in [0.05, 0.1) is 0 Å². The maximum atomic E-state index is 15.2. The van der Waals surface area contributed by atoms with Gasteiger partial charge in [0, 0.05) is 20.6 Å². The number of halogens is 5. The maximum Gasteiger partial charge on any atom is 0.167 e. The molecule has 0 spiro atoms. The van der Waals surface area contributed by atoms with Crippen LogP contribution >= 0.6 is 22.6 Å². The second kappa shape index (κ2) is 8.77. The minimum atomic E-state index is -1.06. The average Bonchev–Trinajstić information content (AvgIpc) is 3.18. The van der Waals surface area contributed by atoms with Crippen molar-refractivity contribution in [2.75, 3.05) is 0 Å². The van der Waals surface area contributed by atoms with Crippen molar-refractivity contribution in [1.82, 2.24) is 0 Å². The van der Waals surface area contributed by atoms with E-state index in [1.807, 2.05) is 0 Å². The molecule has 2 aromatic rings. The number of fused-ring (bicyclic) bond motifs is 3. The summed E-state index contributed by atoms with van der Waals surface area (Å²) in [6.07, 6.45) is 10.5. The van der Waals surface area contributed by atoms with E-state index < -0.39 is 23.3 Å². The SMILES string of the molecule is CCc1cc2c(c(F)c1F)-c1c(cc(C3=CCC(C4CCC(I)CC4)CC3)c(F)c1F)C2. The number of rotatable bonds is 3. The molecule has 3 aliphatic carbocycles. The van der Waals surface area contributed by atoms with E-state index in [0.717, 1.165) is 34.7 Å². The third-order valence-electron chi connectivity index (χ3n) is 7.83. The molecule has 1 saturated carbocycles. The zero-order valence-electron chi connectivity index (χ0n) is 18.2. The van der Waals surface area contributed by atoms with Crippen LogP contribution in [0.15, 0.2) is 18.2 Å². The molecule has 3 aliphatic rings. The number of aryl methyl sites for hydroxylation is 1. The molecule has 0 heterocycles. The molecule has 5 heteroatoms. The number of allylic oxidation sites excluding steroid dienone is 2. The van der Waals surface area contributed by atoms with Crippen molar-refractivity contribution >= 4 is 28.2 Å². The van der Waals surface area contributed by atoms with Gasteiger partial charge in [-0.05, 0) is 98.0 Å². The molecule has 0 saturated heterocycles. The van der Waals surface area contributed by atoms with Gasteiger partial charge in [0.2, 0.25) is 0 Å². The Morgan fingerprint density at radius 3 is 2.09 bits per heavy atom. The molecule has 0 radical (unpaired) electrons. The van der Waals surface area contributed by atoms with Crippen molar-refractivity contribution in [2.45, 2.75) is 68.6 Å². The van der Waals surface area contributed by atoms with Crippen LogP contribution in [0.25, 0.3) is 16.7 Å². The second-order valence-electron chi connectivity index (χ2n) is 9.59. The monoisotopic (exact) mass is 554 g/mol. The molecule has 0 nitrogen and oxygen atoms in total. The van der Waals surface area contributed by atoms with Crippen LogP contribution in [0.5, 0.6) is 0 Å². The highest BCUT2D eigenvalue weighted by atomic mass is 127. The van der Waals surface area contributed by atoms with Gasteiger partial charge in [-0.2, -0.15) is 0 Å². The van der Waals surface area contributed by atoms with Crippen LogP contribution in [0.4, 0.5) is 17.6 Å². The Bertz CT molecular complexity index is 1100. The molecule has 2 aromatic carbocycles. The van der Waals surface area contributed by atoms with Crippen LogP contribution in [0.1, 0.15) is 74.1 Å². The molecule has 5 rings (SSSR count). The lowest BCUT2D eigenvalue weighted by atomic mass is 9.73. The average molecular weight is 554 g/mol. The van der Waals surface area contributed by atoms with Gasteiger partial charge in [-0.25, -0.2) is 17.6 Å². The molecule has 32 heavy (non-hydrogen) atoms. The zero-order valence-corrected chi connectivity index (χ0v) is 20.4. The summed E-state index contributed by atoms with van der Waals surface area (Å²) in [5.74, 6) is -2.65. The van der Waals surface area contributed by atoms with E-state index in [4.69, 9.17) is 0 Å². The van der Waals surface area contributed by atoms with E-state index in [9.17, 15) is 8.78 Å². The smallest absolute Gasteiger partial charge is 0.167 e. The van der Waals surface area contributed by atoms with Gasteiger partial charge in [0.1, 0.15) is 0 Å². The van der Waals surface area contributed by atoms with E-state index in [0.29, 0.717) is 35.4 Å². The van der Waals surface area contributed by atoms with Crippen molar-refractivity contribution in [3.63, 3.8) is 0 Å². The summed E-state index contributed by atoms with van der Waals surface area (Å²) in [7, 11) is 0. The second-order valence-corrected chi connectivity index (χ2v) is 11.4. The number of alkyl halides is 1. The van der Waals surface area contributed by atoms with Crippen LogP contribution < -0.4 is 0 Å². The summed E-state index contributed by atoms with van der Waals surface area (Å²) in [4.78, 5) is 0. The van der Waals surface area contributed by atoms with Crippen molar-refractivity contribution in [3.05, 3.63) is 63.7 Å². The summed E-state index contributed by atoms with van der Waals surface area (Å²) < 4.78 is 60.3. The summed E-state index contributed by atoms with van der Waals surface area (Å²) in [5.41, 5.74) is 2.28. The molecule has 170 valence electrons. The van der Waals surface area contributed by atoms with Crippen molar-refractivity contribution in [2.24, 2.45) is 11.8 Å². The maximum absolute atomic E-state index is 15.2. The first-order valence-electron chi connectivity index (χ1n) is 11.7. The van der Waals surface area contributed by atoms with Crippen molar-refractivity contribution in [1.29, 1.82) is 0 Å². The molecular formula is C27H27F4I. The lowest BCUT2D eigenvalue weighted by molar-refractivity contribution is 0.241. The highest BCUT2D eigenvalue weighted by molar-refractivity contribution is 14.1. The van der Waals surface area contributed by atoms with Gasteiger partial charge < -0.3 is 0 Å². The van der Waals surface area contributed by atoms with E-state index in [-0.39, 0.29) is 16.7 Å². The van der Waals surface area contributed by atoms with Crippen LogP contribution in [0.3, 0.4) is 0 Å². The van der Waals surface area contributed by atoms with Gasteiger partial charge in [-0.3, -0.25) is 0 Å². The Morgan fingerprint density at radius 2 is 1.47 bits per heavy atom. The highest BCUT2D eigenvalue weighted by Gasteiger charge is 2.33. The number of hydrogen-bond donors (Lipinski definition) is 0. The Labute approximate surface area is 200 Å². The van der Waals surface area contributed by atoms with Gasteiger partial charge in [-0.15, -0.1) is 0 Å². The first-order valence-corrected chi connectivity index (χ1v) is 13.0. The summed E-state index contributed by atoms with van der Waals surface area (Å²) in [6.45, 7) is 1.75. The van der Waals surface area contributed by atoms with Gasteiger partial charge >= 0.3 is 0 Å². The lowest BCUT2D eigenvalue weighted by Crippen LogP contribution is -2.23. The Balaban J connectivity index is 1.45. The van der Waals surface area contributed by atoms with Crippen molar-refractivity contribution in [3.8, 4) is 11.1 Å². The Kier molecular flexibility index (Phi) is 6.14. The van der Waals surface area contributed by atoms with E-state index in [1.54, 1.807) is 19.1 Å². The standard InChI is InChI=1S/C27H27F4I/c1-2-14-11-18-12-19-13-21(25(29)27(31)23(19)22(18)26(30)24(14)28)17-5-3-15(4-6-17)16-7-9-20(32)10-8-16/h5,11,13,15-16,20H,2-4,6-10,12H2,1H3. The van der Waals surface area contributed by atoms with Gasteiger partial charge in [-0.1, -0.05) is 41.7 Å². The lowest BCUT2D eigenvalue weighted by Gasteiger charge is -2.34. The fourth-order valence-corrected chi connectivity index (χ4v) is 6.73. The van der Waals surface area contributed by atoms with Gasteiger partial charge in [0.15, 0.2) is 23.3 Å². The predicted octanol–water partition coefficient (Wildman–Crippen LogP) is 8.55. The molecule has 0 aliphatic heterocycles. The molecule has 1 unspecified atom stereocenters. The van der Waals surface area contributed by atoms with Crippen LogP contribution in [0, 0.1) is 35.1 Å². The van der Waals surface area contributed by atoms with E-state index in [1.165, 1.54) is 25.7 Å². The third-order valence-corrected chi connectivity index (χ3v) is 9.07. The Morgan fingerprint density at radius 1 is 0.812 bits per heavy atom. The fraction of sp³-hybridized carbons (Fsp3) is 0.481. The molecule has 0 aromatic heterocycles. The molecular weight excluding hydrogens is 527 g/mol. The van der Waals surface area contributed by atoms with Crippen molar-refractivity contribution < 1.29 is 17.6 Å². The molecule has 1 atom stereocenters. The Hall–Kier alpha value is -1.37. The van der Waals surface area contributed by atoms with E-state index in [2.05, 4.69) is 28.7 Å². The first kappa shape index (κ1) is 22.4. The number of benzene rings is 2. The third kappa shape index (κ3) is 3.72. The quantitative estimate of drug-likeness (QED) is 0.173. The number of hydrogen-bond acceptors (Lipinski definition) is 0. The first-order chi connectivity index (χ1) is 15.4. The van der Waals surface area contributed by atoms with Crippen LogP contribution in [-0.4, -0.2) is 3.92 Å². The molecule has 0 N–H and O–H groups in total. The highest BCUT2D eigenvalue weighted by Crippen LogP contribution is 2.46. The predicted molar refractivity (Wildman–Crippen MR) is 129 cm³/mol.